The van der Waals surface area contributed by atoms with Gasteiger partial charge in [0.2, 0.25) is 0 Å². The van der Waals surface area contributed by atoms with Crippen molar-refractivity contribution in [2.75, 3.05) is 11.9 Å². The van der Waals surface area contributed by atoms with E-state index in [9.17, 15) is 4.79 Å². The molecule has 0 unspecified atom stereocenters. The lowest BCUT2D eigenvalue weighted by atomic mass is 9.87. The molecule has 2 heterocycles. The Balaban J connectivity index is 1.70. The molecule has 0 bridgehead atoms. The van der Waals surface area contributed by atoms with Gasteiger partial charge in [0.25, 0.3) is 5.91 Å². The molecule has 2 aliphatic rings. The third-order valence-corrected chi connectivity index (χ3v) is 6.19. The third-order valence-electron chi connectivity index (χ3n) is 6.19. The van der Waals surface area contributed by atoms with Gasteiger partial charge in [0.1, 0.15) is 11.4 Å². The van der Waals surface area contributed by atoms with Gasteiger partial charge in [0.15, 0.2) is 0 Å². The Morgan fingerprint density at radius 2 is 1.77 bits per heavy atom. The standard InChI is InChI=1S/C26H26N2O2/c1-18-8-11-20(12-9-18)17-28-25(29)21-6-3-4-7-23(21)27-26(28)14-5-15-30-24-13-10-19(2)16-22(24)26/h3-4,6-13,16,27H,5,14-15,17H2,1-2H3/t26-/m1/s1. The SMILES string of the molecule is Cc1ccc(CN2C(=O)c3ccccc3N[C@]23CCCOc2ccc(C)cc23)cc1. The maximum atomic E-state index is 13.8. The van der Waals surface area contributed by atoms with Gasteiger partial charge in [-0.25, -0.2) is 0 Å². The minimum absolute atomic E-state index is 0.0549. The van der Waals surface area contributed by atoms with Crippen LogP contribution in [0.3, 0.4) is 0 Å². The van der Waals surface area contributed by atoms with E-state index in [2.05, 4.69) is 55.6 Å². The Bertz CT molecular complexity index is 1110. The van der Waals surface area contributed by atoms with E-state index in [4.69, 9.17) is 4.74 Å². The van der Waals surface area contributed by atoms with Gasteiger partial charge in [-0.2, -0.15) is 0 Å². The normalized spacial score (nSPS) is 20.1. The van der Waals surface area contributed by atoms with Crippen molar-refractivity contribution in [3.8, 4) is 5.75 Å². The minimum atomic E-state index is -0.645. The topological polar surface area (TPSA) is 41.6 Å². The zero-order valence-electron chi connectivity index (χ0n) is 17.4. The summed E-state index contributed by atoms with van der Waals surface area (Å²) in [6, 6.07) is 22.5. The van der Waals surface area contributed by atoms with E-state index in [1.54, 1.807) is 0 Å². The first-order chi connectivity index (χ1) is 14.6. The average molecular weight is 399 g/mol. The number of ether oxygens (including phenoxy) is 1. The second-order valence-electron chi connectivity index (χ2n) is 8.36. The van der Waals surface area contributed by atoms with Crippen LogP contribution in [0.15, 0.2) is 66.7 Å². The maximum Gasteiger partial charge on any atom is 0.258 e. The number of amides is 1. The number of nitrogens with zero attached hydrogens (tertiary/aromatic N) is 1. The number of hydrogen-bond acceptors (Lipinski definition) is 3. The first-order valence-corrected chi connectivity index (χ1v) is 10.6. The van der Waals surface area contributed by atoms with Crippen molar-refractivity contribution in [1.82, 2.24) is 4.90 Å². The van der Waals surface area contributed by atoms with Gasteiger partial charge in [0.05, 0.1) is 12.2 Å². The molecule has 2 aliphatic heterocycles. The molecule has 1 atom stereocenters. The molecular formula is C26H26N2O2. The van der Waals surface area contributed by atoms with Crippen LogP contribution in [0.5, 0.6) is 5.75 Å². The van der Waals surface area contributed by atoms with E-state index in [-0.39, 0.29) is 5.91 Å². The van der Waals surface area contributed by atoms with Crippen molar-refractivity contribution in [3.05, 3.63) is 94.5 Å². The molecule has 3 aromatic carbocycles. The van der Waals surface area contributed by atoms with E-state index < -0.39 is 5.66 Å². The minimum Gasteiger partial charge on any atom is -0.493 e. The fourth-order valence-electron chi connectivity index (χ4n) is 4.62. The summed E-state index contributed by atoms with van der Waals surface area (Å²) < 4.78 is 6.09. The summed E-state index contributed by atoms with van der Waals surface area (Å²) in [5.41, 5.74) is 5.48. The lowest BCUT2D eigenvalue weighted by Crippen LogP contribution is -2.57. The Hall–Kier alpha value is -3.27. The molecule has 3 aromatic rings. The predicted octanol–water partition coefficient (Wildman–Crippen LogP) is 5.40. The lowest BCUT2D eigenvalue weighted by molar-refractivity contribution is 0.0443. The number of fused-ring (bicyclic) bond motifs is 3. The Kier molecular flexibility index (Phi) is 4.50. The van der Waals surface area contributed by atoms with Crippen LogP contribution >= 0.6 is 0 Å². The van der Waals surface area contributed by atoms with E-state index in [0.717, 1.165) is 46.5 Å². The van der Waals surface area contributed by atoms with Crippen LogP contribution in [-0.2, 0) is 12.2 Å². The molecule has 0 saturated carbocycles. The first-order valence-electron chi connectivity index (χ1n) is 10.6. The van der Waals surface area contributed by atoms with Crippen LogP contribution in [0.1, 0.15) is 45.5 Å². The predicted molar refractivity (Wildman–Crippen MR) is 119 cm³/mol. The molecule has 0 saturated heterocycles. The summed E-state index contributed by atoms with van der Waals surface area (Å²) in [4.78, 5) is 15.8. The number of hydrogen-bond donors (Lipinski definition) is 1. The molecule has 1 N–H and O–H groups in total. The van der Waals surface area contributed by atoms with Crippen molar-refractivity contribution in [1.29, 1.82) is 0 Å². The fraction of sp³-hybridized carbons (Fsp3) is 0.269. The van der Waals surface area contributed by atoms with Crippen LogP contribution < -0.4 is 10.1 Å². The van der Waals surface area contributed by atoms with E-state index >= 15 is 0 Å². The highest BCUT2D eigenvalue weighted by molar-refractivity contribution is 6.02. The van der Waals surface area contributed by atoms with Crippen LogP contribution in [0.25, 0.3) is 0 Å². The number of rotatable bonds is 2. The molecule has 152 valence electrons. The molecule has 4 nitrogen and oxygen atoms in total. The Labute approximate surface area is 177 Å². The molecule has 4 heteroatoms. The van der Waals surface area contributed by atoms with Gasteiger partial charge in [0, 0.05) is 17.8 Å². The summed E-state index contributed by atoms with van der Waals surface area (Å²) in [6.45, 7) is 5.35. The number of carbonyl (C=O) groups is 1. The van der Waals surface area contributed by atoms with Gasteiger partial charge >= 0.3 is 0 Å². The maximum absolute atomic E-state index is 13.8. The highest BCUT2D eigenvalue weighted by atomic mass is 16.5. The molecular weight excluding hydrogens is 372 g/mol. The summed E-state index contributed by atoms with van der Waals surface area (Å²) in [5, 5.41) is 3.77. The van der Waals surface area contributed by atoms with Crippen molar-refractivity contribution < 1.29 is 9.53 Å². The van der Waals surface area contributed by atoms with E-state index in [1.807, 2.05) is 35.2 Å². The van der Waals surface area contributed by atoms with Crippen molar-refractivity contribution in [3.63, 3.8) is 0 Å². The van der Waals surface area contributed by atoms with Crippen molar-refractivity contribution >= 4 is 11.6 Å². The smallest absolute Gasteiger partial charge is 0.258 e. The number of anilines is 1. The molecule has 1 spiro atoms. The molecule has 1 amide bonds. The molecule has 0 fully saturated rings. The number of nitrogens with one attached hydrogen (secondary N) is 1. The Morgan fingerprint density at radius 1 is 1.00 bits per heavy atom. The van der Waals surface area contributed by atoms with Crippen LogP contribution in [0.4, 0.5) is 5.69 Å². The zero-order valence-corrected chi connectivity index (χ0v) is 17.4. The van der Waals surface area contributed by atoms with Crippen LogP contribution in [0.2, 0.25) is 0 Å². The summed E-state index contributed by atoms with van der Waals surface area (Å²) in [7, 11) is 0. The van der Waals surface area contributed by atoms with Gasteiger partial charge in [-0.3, -0.25) is 4.79 Å². The average Bonchev–Trinajstić information content (AvgIpc) is 2.92. The zero-order chi connectivity index (χ0) is 20.7. The molecule has 30 heavy (non-hydrogen) atoms. The van der Waals surface area contributed by atoms with Crippen molar-refractivity contribution in [2.24, 2.45) is 0 Å². The second-order valence-corrected chi connectivity index (χ2v) is 8.36. The molecule has 0 aromatic heterocycles. The van der Waals surface area contributed by atoms with E-state index in [0.29, 0.717) is 13.2 Å². The van der Waals surface area contributed by atoms with Gasteiger partial charge in [-0.15, -0.1) is 0 Å². The van der Waals surface area contributed by atoms with Gasteiger partial charge in [-0.1, -0.05) is 53.6 Å². The van der Waals surface area contributed by atoms with Crippen LogP contribution in [-0.4, -0.2) is 17.4 Å². The molecule has 0 aliphatic carbocycles. The third kappa shape index (κ3) is 3.04. The highest BCUT2D eigenvalue weighted by Crippen LogP contribution is 2.46. The molecule has 5 rings (SSSR count). The van der Waals surface area contributed by atoms with Gasteiger partial charge in [-0.05, 0) is 56.5 Å². The summed E-state index contributed by atoms with van der Waals surface area (Å²) in [6.07, 6.45) is 1.65. The molecule has 0 radical (unpaired) electrons. The summed E-state index contributed by atoms with van der Waals surface area (Å²) in [5.74, 6) is 0.908. The fourth-order valence-corrected chi connectivity index (χ4v) is 4.62. The number of aryl methyl sites for hydroxylation is 2. The second kappa shape index (κ2) is 7.21. The number of benzene rings is 3. The Morgan fingerprint density at radius 3 is 2.60 bits per heavy atom. The number of carbonyl (C=O) groups excluding carboxylic acids is 1. The monoisotopic (exact) mass is 398 g/mol. The largest absolute Gasteiger partial charge is 0.493 e. The lowest BCUT2D eigenvalue weighted by Gasteiger charge is -2.48. The van der Waals surface area contributed by atoms with Gasteiger partial charge < -0.3 is 15.0 Å². The first kappa shape index (κ1) is 18.7. The van der Waals surface area contributed by atoms with Crippen LogP contribution in [0, 0.1) is 13.8 Å². The summed E-state index contributed by atoms with van der Waals surface area (Å²) >= 11 is 0. The highest BCUT2D eigenvalue weighted by Gasteiger charge is 2.48. The van der Waals surface area contributed by atoms with Crippen molar-refractivity contribution in [2.45, 2.75) is 38.9 Å². The van der Waals surface area contributed by atoms with E-state index in [1.165, 1.54) is 5.56 Å². The quantitative estimate of drug-likeness (QED) is 0.629. The number of para-hydroxylation sites is 1.